The summed E-state index contributed by atoms with van der Waals surface area (Å²) in [6, 6.07) is 0. The summed E-state index contributed by atoms with van der Waals surface area (Å²) in [6.45, 7) is 0.696. The van der Waals surface area contributed by atoms with Crippen LogP contribution in [0.3, 0.4) is 0 Å². The second-order valence-corrected chi connectivity index (χ2v) is 4.08. The Bertz CT molecular complexity index is 202. The van der Waals surface area contributed by atoms with E-state index in [4.69, 9.17) is 11.2 Å². The van der Waals surface area contributed by atoms with Crippen LogP contribution in [0, 0.1) is 12.3 Å². The van der Waals surface area contributed by atoms with Gasteiger partial charge in [0, 0.05) is 10.0 Å². The molecule has 1 aliphatic rings. The molecule has 0 radical (unpaired) electrons. The monoisotopic (exact) mass is 276 g/mol. The minimum atomic E-state index is 0.327. The summed E-state index contributed by atoms with van der Waals surface area (Å²) in [7, 11) is 0. The highest BCUT2D eigenvalue weighted by Crippen LogP contribution is 2.25. The molecule has 66 valence electrons. The van der Waals surface area contributed by atoms with Crippen LogP contribution >= 0.6 is 22.6 Å². The van der Waals surface area contributed by atoms with Crippen LogP contribution in [0.15, 0.2) is 9.66 Å². The van der Waals surface area contributed by atoms with Crippen molar-refractivity contribution < 1.29 is 4.74 Å². The van der Waals surface area contributed by atoms with Gasteiger partial charge in [-0.25, -0.2) is 0 Å². The van der Waals surface area contributed by atoms with Crippen molar-refractivity contribution in [3.63, 3.8) is 0 Å². The predicted octanol–water partition coefficient (Wildman–Crippen LogP) is 2.90. The van der Waals surface area contributed by atoms with E-state index >= 15 is 0 Å². The molecule has 1 unspecified atom stereocenters. The minimum Gasteiger partial charge on any atom is -0.372 e. The Hall–Kier alpha value is -0.0100. The van der Waals surface area contributed by atoms with Crippen LogP contribution < -0.4 is 0 Å². The van der Waals surface area contributed by atoms with Gasteiger partial charge in [0.2, 0.25) is 0 Å². The van der Waals surface area contributed by atoms with Crippen LogP contribution in [-0.2, 0) is 4.74 Å². The van der Waals surface area contributed by atoms with Crippen LogP contribution in [0.5, 0.6) is 0 Å². The van der Waals surface area contributed by atoms with Gasteiger partial charge in [0.1, 0.15) is 0 Å². The molecular weight excluding hydrogens is 263 g/mol. The number of terminal acetylenes is 1. The average molecular weight is 276 g/mol. The van der Waals surface area contributed by atoms with Crippen molar-refractivity contribution in [3.8, 4) is 12.3 Å². The van der Waals surface area contributed by atoms with Crippen LogP contribution in [-0.4, -0.2) is 12.7 Å². The fourth-order valence-corrected chi connectivity index (χ4v) is 2.04. The van der Waals surface area contributed by atoms with Gasteiger partial charge in [0.15, 0.2) is 0 Å². The van der Waals surface area contributed by atoms with Gasteiger partial charge < -0.3 is 4.74 Å². The predicted molar refractivity (Wildman–Crippen MR) is 59.1 cm³/mol. The number of rotatable bonds is 3. The van der Waals surface area contributed by atoms with Gasteiger partial charge in [0.05, 0.1) is 12.7 Å². The van der Waals surface area contributed by atoms with Gasteiger partial charge in [-0.05, 0) is 41.9 Å². The van der Waals surface area contributed by atoms with E-state index in [1.165, 1.54) is 16.4 Å². The molecule has 0 heterocycles. The Morgan fingerprint density at radius 1 is 1.75 bits per heavy atom. The fourth-order valence-electron chi connectivity index (χ4n) is 1.24. The Balaban J connectivity index is 2.27. The van der Waals surface area contributed by atoms with Crippen molar-refractivity contribution >= 4 is 22.6 Å². The van der Waals surface area contributed by atoms with Gasteiger partial charge in [-0.2, -0.15) is 0 Å². The lowest BCUT2D eigenvalue weighted by Crippen LogP contribution is -2.16. The Kier molecular flexibility index (Phi) is 4.70. The highest BCUT2D eigenvalue weighted by Gasteiger charge is 2.15. The zero-order valence-corrected chi connectivity index (χ0v) is 9.21. The van der Waals surface area contributed by atoms with Gasteiger partial charge in [-0.1, -0.05) is 6.08 Å². The second-order valence-electron chi connectivity index (χ2n) is 2.83. The van der Waals surface area contributed by atoms with E-state index in [1.54, 1.807) is 0 Å². The molecule has 0 N–H and O–H groups in total. The average Bonchev–Trinajstić information content (AvgIpc) is 2.09. The van der Waals surface area contributed by atoms with Crippen LogP contribution in [0.1, 0.15) is 25.7 Å². The Morgan fingerprint density at radius 2 is 2.58 bits per heavy atom. The summed E-state index contributed by atoms with van der Waals surface area (Å²) < 4.78 is 6.96. The van der Waals surface area contributed by atoms with Crippen molar-refractivity contribution in [1.29, 1.82) is 0 Å². The number of hydrogen-bond acceptors (Lipinski definition) is 1. The topological polar surface area (TPSA) is 9.23 Å². The zero-order chi connectivity index (χ0) is 8.81. The first-order valence-electron chi connectivity index (χ1n) is 4.25. The summed E-state index contributed by atoms with van der Waals surface area (Å²) in [5, 5.41) is 0. The minimum absolute atomic E-state index is 0.327. The molecule has 1 rings (SSSR count). The third-order valence-electron chi connectivity index (χ3n) is 1.88. The van der Waals surface area contributed by atoms with Gasteiger partial charge >= 0.3 is 0 Å². The van der Waals surface area contributed by atoms with Crippen LogP contribution in [0.25, 0.3) is 0 Å². The van der Waals surface area contributed by atoms with Gasteiger partial charge in [-0.3, -0.25) is 0 Å². The van der Waals surface area contributed by atoms with E-state index < -0.39 is 0 Å². The maximum atomic E-state index is 5.62. The van der Waals surface area contributed by atoms with E-state index in [2.05, 4.69) is 34.6 Å². The molecule has 2 heteroatoms. The molecule has 0 aromatic heterocycles. The summed E-state index contributed by atoms with van der Waals surface area (Å²) in [5.74, 6) is 2.58. The van der Waals surface area contributed by atoms with Crippen LogP contribution in [0.2, 0.25) is 0 Å². The zero-order valence-electron chi connectivity index (χ0n) is 7.05. The maximum Gasteiger partial charge on any atom is 0.0878 e. The first-order valence-corrected chi connectivity index (χ1v) is 5.33. The first-order chi connectivity index (χ1) is 5.84. The molecule has 0 aromatic carbocycles. The van der Waals surface area contributed by atoms with Crippen molar-refractivity contribution in [2.75, 3.05) is 6.61 Å². The lowest BCUT2D eigenvalue weighted by Gasteiger charge is -2.20. The molecular formula is C10H13IO. The molecule has 0 saturated carbocycles. The van der Waals surface area contributed by atoms with E-state index in [0.717, 1.165) is 12.8 Å². The van der Waals surface area contributed by atoms with Gasteiger partial charge in [-0.15, -0.1) is 12.3 Å². The molecule has 1 atom stereocenters. The molecule has 0 saturated heterocycles. The molecule has 0 spiro atoms. The number of allylic oxidation sites excluding steroid dienone is 1. The van der Waals surface area contributed by atoms with Crippen molar-refractivity contribution in [1.82, 2.24) is 0 Å². The van der Waals surface area contributed by atoms with E-state index in [-0.39, 0.29) is 0 Å². The second kappa shape index (κ2) is 5.60. The SMILES string of the molecule is C#CCCOC1CCCC=C1I. The number of hydrogen-bond donors (Lipinski definition) is 0. The molecule has 0 aromatic rings. The van der Waals surface area contributed by atoms with E-state index in [0.29, 0.717) is 12.7 Å². The maximum absolute atomic E-state index is 5.62. The fraction of sp³-hybridized carbons (Fsp3) is 0.600. The van der Waals surface area contributed by atoms with Crippen LogP contribution in [0.4, 0.5) is 0 Å². The molecule has 1 aliphatic carbocycles. The normalized spacial score (nSPS) is 23.0. The summed E-state index contributed by atoms with van der Waals surface area (Å²) >= 11 is 2.36. The molecule has 0 amide bonds. The molecule has 0 fully saturated rings. The van der Waals surface area contributed by atoms with E-state index in [1.807, 2.05) is 0 Å². The first kappa shape index (κ1) is 10.1. The Labute approximate surface area is 87.7 Å². The van der Waals surface area contributed by atoms with Crippen molar-refractivity contribution in [3.05, 3.63) is 9.66 Å². The summed E-state index contributed by atoms with van der Waals surface area (Å²) in [5.41, 5.74) is 0. The molecule has 1 nitrogen and oxygen atoms in total. The number of halogens is 1. The largest absolute Gasteiger partial charge is 0.372 e. The Morgan fingerprint density at radius 3 is 3.25 bits per heavy atom. The quantitative estimate of drug-likeness (QED) is 0.437. The van der Waals surface area contributed by atoms with Crippen molar-refractivity contribution in [2.45, 2.75) is 31.8 Å². The lowest BCUT2D eigenvalue weighted by molar-refractivity contribution is 0.0785. The highest BCUT2D eigenvalue weighted by atomic mass is 127. The third kappa shape index (κ3) is 3.16. The smallest absolute Gasteiger partial charge is 0.0878 e. The number of ether oxygens (including phenoxy) is 1. The molecule has 0 aliphatic heterocycles. The van der Waals surface area contributed by atoms with E-state index in [9.17, 15) is 0 Å². The summed E-state index contributed by atoms with van der Waals surface area (Å²) in [6.07, 6.45) is 12.0. The lowest BCUT2D eigenvalue weighted by atomic mass is 10.1. The summed E-state index contributed by atoms with van der Waals surface area (Å²) in [4.78, 5) is 0. The molecule has 0 bridgehead atoms. The van der Waals surface area contributed by atoms with Gasteiger partial charge in [0.25, 0.3) is 0 Å². The highest BCUT2D eigenvalue weighted by molar-refractivity contribution is 14.1. The van der Waals surface area contributed by atoms with Crippen molar-refractivity contribution in [2.24, 2.45) is 0 Å². The third-order valence-corrected chi connectivity index (χ3v) is 3.02. The molecule has 12 heavy (non-hydrogen) atoms. The standard InChI is InChI=1S/C10H13IO/c1-2-3-8-12-10-7-5-4-6-9(10)11/h1,6,10H,3-5,7-8H2.